The third kappa shape index (κ3) is 3.37. The second-order valence-electron chi connectivity index (χ2n) is 5.74. The molecular formula is C16H15BrClN5O4. The van der Waals surface area contributed by atoms with Crippen molar-refractivity contribution >= 4 is 50.3 Å². The normalized spacial score (nSPS) is 11.0. The maximum absolute atomic E-state index is 12.5. The maximum Gasteiger partial charge on any atom is 0.332 e. The van der Waals surface area contributed by atoms with Gasteiger partial charge in [0, 0.05) is 19.8 Å². The molecule has 1 aromatic carbocycles. The minimum absolute atomic E-state index is 0.148. The van der Waals surface area contributed by atoms with Gasteiger partial charge in [-0.05, 0) is 34.1 Å². The van der Waals surface area contributed by atoms with Crippen LogP contribution in [0, 0.1) is 0 Å². The fourth-order valence-corrected chi connectivity index (χ4v) is 3.38. The van der Waals surface area contributed by atoms with Crippen molar-refractivity contribution in [2.45, 2.75) is 6.54 Å². The van der Waals surface area contributed by atoms with Crippen molar-refractivity contribution in [3.8, 4) is 5.75 Å². The summed E-state index contributed by atoms with van der Waals surface area (Å²) in [6, 6.07) is 4.83. The fraction of sp³-hybridized carbons (Fsp3) is 0.250. The smallest absolute Gasteiger partial charge is 0.332 e. The number of halogens is 2. The van der Waals surface area contributed by atoms with Crippen LogP contribution < -0.4 is 21.3 Å². The molecule has 1 amide bonds. The highest BCUT2D eigenvalue weighted by Gasteiger charge is 2.19. The van der Waals surface area contributed by atoms with Crippen LogP contribution >= 0.6 is 27.5 Å². The molecule has 0 aliphatic carbocycles. The Bertz CT molecular complexity index is 1180. The van der Waals surface area contributed by atoms with Gasteiger partial charge < -0.3 is 14.6 Å². The minimum Gasteiger partial charge on any atom is -0.495 e. The quantitative estimate of drug-likeness (QED) is 0.600. The number of ether oxygens (including phenoxy) is 1. The molecule has 1 N–H and O–H groups in total. The van der Waals surface area contributed by atoms with Gasteiger partial charge in [-0.25, -0.2) is 9.78 Å². The summed E-state index contributed by atoms with van der Waals surface area (Å²) in [7, 11) is 4.37. The fourth-order valence-electron chi connectivity index (χ4n) is 2.65. The number of amides is 1. The van der Waals surface area contributed by atoms with Gasteiger partial charge in [-0.2, -0.15) is 0 Å². The maximum atomic E-state index is 12.5. The summed E-state index contributed by atoms with van der Waals surface area (Å²) in [5.41, 5.74) is -0.218. The molecule has 0 saturated heterocycles. The van der Waals surface area contributed by atoms with E-state index in [2.05, 4.69) is 26.2 Å². The van der Waals surface area contributed by atoms with Gasteiger partial charge in [0.05, 0.1) is 12.1 Å². The molecule has 27 heavy (non-hydrogen) atoms. The van der Waals surface area contributed by atoms with E-state index in [4.69, 9.17) is 16.3 Å². The molecule has 142 valence electrons. The van der Waals surface area contributed by atoms with E-state index >= 15 is 0 Å². The van der Waals surface area contributed by atoms with Gasteiger partial charge >= 0.3 is 5.69 Å². The van der Waals surface area contributed by atoms with Crippen molar-refractivity contribution < 1.29 is 9.53 Å². The summed E-state index contributed by atoms with van der Waals surface area (Å²) in [5.74, 6) is 0.0922. The van der Waals surface area contributed by atoms with Crippen molar-refractivity contribution in [1.82, 2.24) is 18.7 Å². The first-order valence-electron chi connectivity index (χ1n) is 7.69. The van der Waals surface area contributed by atoms with E-state index in [9.17, 15) is 14.4 Å². The zero-order chi connectivity index (χ0) is 19.9. The number of carbonyl (C=O) groups is 1. The zero-order valence-corrected chi connectivity index (χ0v) is 17.0. The Kier molecular flexibility index (Phi) is 5.11. The van der Waals surface area contributed by atoms with E-state index in [0.717, 1.165) is 4.57 Å². The van der Waals surface area contributed by atoms with Gasteiger partial charge in [0.1, 0.15) is 12.3 Å². The number of rotatable bonds is 4. The van der Waals surface area contributed by atoms with Crippen LogP contribution in [-0.4, -0.2) is 31.7 Å². The zero-order valence-electron chi connectivity index (χ0n) is 14.6. The van der Waals surface area contributed by atoms with Crippen LogP contribution in [0.5, 0.6) is 5.75 Å². The lowest BCUT2D eigenvalue weighted by Crippen LogP contribution is -2.37. The predicted octanol–water partition coefficient (Wildman–Crippen LogP) is 1.50. The molecule has 3 aromatic rings. The van der Waals surface area contributed by atoms with Crippen LogP contribution in [0.2, 0.25) is 5.02 Å². The molecule has 0 fully saturated rings. The van der Waals surface area contributed by atoms with E-state index in [1.165, 1.54) is 30.3 Å². The molecule has 0 radical (unpaired) electrons. The first kappa shape index (κ1) is 19.2. The summed E-state index contributed by atoms with van der Waals surface area (Å²) in [6.45, 7) is -0.186. The molecule has 0 saturated carbocycles. The van der Waals surface area contributed by atoms with E-state index in [-0.39, 0.29) is 22.4 Å². The number of aromatic nitrogens is 4. The summed E-state index contributed by atoms with van der Waals surface area (Å²) < 4.78 is 8.95. The van der Waals surface area contributed by atoms with Crippen molar-refractivity contribution in [3.63, 3.8) is 0 Å². The third-order valence-electron chi connectivity index (χ3n) is 4.04. The van der Waals surface area contributed by atoms with Gasteiger partial charge in [0.25, 0.3) is 5.56 Å². The Labute approximate surface area is 166 Å². The molecule has 2 aromatic heterocycles. The van der Waals surface area contributed by atoms with E-state index in [0.29, 0.717) is 16.5 Å². The number of hydrogen-bond acceptors (Lipinski definition) is 5. The number of nitrogens with one attached hydrogen (secondary N) is 1. The molecule has 2 heterocycles. The predicted molar refractivity (Wildman–Crippen MR) is 105 cm³/mol. The standard InChI is InChI=1S/C16H15BrClN5O4/c1-21-13-12(14(25)22(2)16(21)26)23(15(17)20-13)7-11(24)19-8-4-5-10(27-3)9(18)6-8/h4-6H,7H2,1-3H3,(H,19,24). The number of aryl methyl sites for hydroxylation is 1. The Balaban J connectivity index is 1.96. The Morgan fingerprint density at radius 1 is 1.30 bits per heavy atom. The first-order valence-corrected chi connectivity index (χ1v) is 8.86. The monoisotopic (exact) mass is 455 g/mol. The van der Waals surface area contributed by atoms with Gasteiger partial charge in [-0.3, -0.25) is 18.7 Å². The summed E-state index contributed by atoms with van der Waals surface area (Å²) >= 11 is 9.30. The topological polar surface area (TPSA) is 100 Å². The SMILES string of the molecule is COc1ccc(NC(=O)Cn2c(Br)nc3c2c(=O)n(C)c(=O)n3C)cc1Cl. The number of hydrogen-bond donors (Lipinski definition) is 1. The number of fused-ring (bicyclic) bond motifs is 1. The van der Waals surface area contributed by atoms with Crippen molar-refractivity contribution in [2.24, 2.45) is 14.1 Å². The van der Waals surface area contributed by atoms with E-state index < -0.39 is 17.2 Å². The Morgan fingerprint density at radius 2 is 2.00 bits per heavy atom. The number of imidazole rings is 1. The van der Waals surface area contributed by atoms with Gasteiger partial charge in [-0.1, -0.05) is 11.6 Å². The van der Waals surface area contributed by atoms with E-state index in [1.807, 2.05) is 0 Å². The lowest BCUT2D eigenvalue weighted by molar-refractivity contribution is -0.116. The molecule has 0 unspecified atom stereocenters. The van der Waals surface area contributed by atoms with Crippen molar-refractivity contribution in [1.29, 1.82) is 0 Å². The minimum atomic E-state index is -0.536. The second kappa shape index (κ2) is 7.20. The van der Waals surface area contributed by atoms with Gasteiger partial charge in [0.15, 0.2) is 15.9 Å². The summed E-state index contributed by atoms with van der Waals surface area (Å²) in [4.78, 5) is 41.2. The summed E-state index contributed by atoms with van der Waals surface area (Å²) in [6.07, 6.45) is 0. The van der Waals surface area contributed by atoms with Crippen LogP contribution in [-0.2, 0) is 25.4 Å². The lowest BCUT2D eigenvalue weighted by atomic mass is 10.3. The average Bonchev–Trinajstić information content (AvgIpc) is 2.95. The van der Waals surface area contributed by atoms with Gasteiger partial charge in [0.2, 0.25) is 5.91 Å². The van der Waals surface area contributed by atoms with Crippen LogP contribution in [0.4, 0.5) is 5.69 Å². The molecule has 9 nitrogen and oxygen atoms in total. The highest BCUT2D eigenvalue weighted by molar-refractivity contribution is 9.10. The molecule has 0 atom stereocenters. The second-order valence-corrected chi connectivity index (χ2v) is 6.86. The highest BCUT2D eigenvalue weighted by Crippen LogP contribution is 2.27. The van der Waals surface area contributed by atoms with Crippen LogP contribution in [0.15, 0.2) is 32.5 Å². The van der Waals surface area contributed by atoms with Gasteiger partial charge in [-0.15, -0.1) is 0 Å². The lowest BCUT2D eigenvalue weighted by Gasteiger charge is -2.10. The molecular weight excluding hydrogens is 442 g/mol. The van der Waals surface area contributed by atoms with Crippen molar-refractivity contribution in [3.05, 3.63) is 48.8 Å². The molecule has 0 spiro atoms. The largest absolute Gasteiger partial charge is 0.495 e. The van der Waals surface area contributed by atoms with Crippen LogP contribution in [0.25, 0.3) is 11.2 Å². The Morgan fingerprint density at radius 3 is 2.63 bits per heavy atom. The van der Waals surface area contributed by atoms with Crippen LogP contribution in [0.3, 0.4) is 0 Å². The van der Waals surface area contributed by atoms with Crippen molar-refractivity contribution in [2.75, 3.05) is 12.4 Å². The number of benzene rings is 1. The number of carbonyl (C=O) groups excluding carboxylic acids is 1. The molecule has 0 aliphatic rings. The number of nitrogens with zero attached hydrogens (tertiary/aromatic N) is 4. The highest BCUT2D eigenvalue weighted by atomic mass is 79.9. The molecule has 0 aliphatic heterocycles. The molecule has 3 rings (SSSR count). The number of methoxy groups -OCH3 is 1. The molecule has 0 bridgehead atoms. The Hall–Kier alpha value is -2.59. The number of anilines is 1. The summed E-state index contributed by atoms with van der Waals surface area (Å²) in [5, 5.41) is 3.05. The first-order chi connectivity index (χ1) is 12.7. The van der Waals surface area contributed by atoms with Crippen LogP contribution in [0.1, 0.15) is 0 Å². The average molecular weight is 457 g/mol. The third-order valence-corrected chi connectivity index (χ3v) is 4.94. The van der Waals surface area contributed by atoms with E-state index in [1.54, 1.807) is 18.2 Å². The molecule has 11 heteroatoms.